The van der Waals surface area contributed by atoms with Crippen molar-refractivity contribution in [2.45, 2.75) is 31.7 Å². The Labute approximate surface area is 193 Å². The maximum atomic E-state index is 14.7. The second kappa shape index (κ2) is 9.45. The van der Waals surface area contributed by atoms with E-state index in [1.54, 1.807) is 30.3 Å². The van der Waals surface area contributed by atoms with Gasteiger partial charge in [0, 0.05) is 29.4 Å². The number of piperidine rings is 1. The monoisotopic (exact) mass is 473 g/mol. The number of rotatable bonds is 4. The third kappa shape index (κ3) is 5.06. The van der Waals surface area contributed by atoms with Gasteiger partial charge >= 0.3 is 6.03 Å². The van der Waals surface area contributed by atoms with E-state index in [-0.39, 0.29) is 18.0 Å². The minimum absolute atomic E-state index is 0.0738. The minimum Gasteiger partial charge on any atom is -0.322 e. The number of amides is 5. The Morgan fingerprint density at radius 3 is 2.52 bits per heavy atom. The lowest BCUT2D eigenvalue weighted by Gasteiger charge is -2.27. The predicted octanol–water partition coefficient (Wildman–Crippen LogP) is 3.27. The summed E-state index contributed by atoms with van der Waals surface area (Å²) in [6, 6.07) is 8.45. The molecule has 0 bridgehead atoms. The van der Waals surface area contributed by atoms with E-state index in [9.17, 15) is 23.6 Å². The van der Waals surface area contributed by atoms with Crippen molar-refractivity contribution in [2.24, 2.45) is 0 Å². The smallest absolute Gasteiger partial charge is 0.322 e. The number of nitrogens with zero attached hydrogens (tertiary/aromatic N) is 2. The lowest BCUT2D eigenvalue weighted by atomic mass is 10.1. The molecule has 0 spiro atoms. The largest absolute Gasteiger partial charge is 0.341 e. The summed E-state index contributed by atoms with van der Waals surface area (Å²) in [4.78, 5) is 50.9. The zero-order valence-corrected chi connectivity index (χ0v) is 18.2. The van der Waals surface area contributed by atoms with Crippen molar-refractivity contribution in [1.29, 1.82) is 0 Å². The summed E-state index contributed by atoms with van der Waals surface area (Å²) in [5, 5.41) is 6.33. The van der Waals surface area contributed by atoms with Gasteiger partial charge in [0.15, 0.2) is 0 Å². The van der Waals surface area contributed by atoms with Crippen molar-refractivity contribution in [2.75, 3.05) is 22.1 Å². The van der Waals surface area contributed by atoms with Crippen LogP contribution in [-0.2, 0) is 14.4 Å². The molecule has 0 aliphatic carbocycles. The van der Waals surface area contributed by atoms with Crippen molar-refractivity contribution in [3.63, 3.8) is 0 Å². The van der Waals surface area contributed by atoms with Crippen molar-refractivity contribution < 1.29 is 23.6 Å². The number of carbonyl (C=O) groups is 4. The van der Waals surface area contributed by atoms with Gasteiger partial charge in [0.05, 0.1) is 12.1 Å². The fourth-order valence-corrected chi connectivity index (χ4v) is 3.84. The van der Waals surface area contributed by atoms with Crippen LogP contribution in [0.25, 0.3) is 0 Å². The third-order valence-electron chi connectivity index (χ3n) is 5.40. The summed E-state index contributed by atoms with van der Waals surface area (Å²) in [7, 11) is 0. The maximum Gasteiger partial charge on any atom is 0.341 e. The van der Waals surface area contributed by atoms with Crippen LogP contribution in [0.3, 0.4) is 0 Å². The molecule has 4 rings (SSSR count). The van der Waals surface area contributed by atoms with E-state index in [2.05, 4.69) is 16.1 Å². The Hall–Kier alpha value is -3.66. The van der Waals surface area contributed by atoms with Gasteiger partial charge in [-0.3, -0.25) is 19.8 Å². The number of urea groups is 1. The number of benzene rings is 2. The van der Waals surface area contributed by atoms with Crippen LogP contribution in [-0.4, -0.2) is 41.3 Å². The van der Waals surface area contributed by atoms with Gasteiger partial charge < -0.3 is 15.5 Å². The molecule has 2 aliphatic heterocycles. The highest BCUT2D eigenvalue weighted by Crippen LogP contribution is 2.26. The molecular formula is C22H21ClFN5O4. The highest BCUT2D eigenvalue weighted by atomic mass is 35.5. The lowest BCUT2D eigenvalue weighted by Crippen LogP contribution is -2.50. The highest BCUT2D eigenvalue weighted by molar-refractivity contribution is 6.30. The molecule has 2 heterocycles. The SMILES string of the molecule is O=C1CC(C(=O)Nc2ccc(N3CCCCC3=O)cc2F)N(C(=O)Nc2ccc(Cl)cc2)N1. The van der Waals surface area contributed by atoms with Crippen LogP contribution in [0.5, 0.6) is 0 Å². The summed E-state index contributed by atoms with van der Waals surface area (Å²) >= 11 is 5.83. The van der Waals surface area contributed by atoms with E-state index in [1.165, 1.54) is 17.0 Å². The number of hydrogen-bond acceptors (Lipinski definition) is 4. The van der Waals surface area contributed by atoms with Crippen molar-refractivity contribution in [3.05, 3.63) is 53.3 Å². The molecule has 0 radical (unpaired) electrons. The average Bonchev–Trinajstić information content (AvgIpc) is 3.19. The van der Waals surface area contributed by atoms with Gasteiger partial charge in [0.1, 0.15) is 11.9 Å². The molecule has 3 N–H and O–H groups in total. The molecule has 2 aromatic rings. The summed E-state index contributed by atoms with van der Waals surface area (Å²) < 4.78 is 14.7. The van der Waals surface area contributed by atoms with Crippen molar-refractivity contribution >= 4 is 52.4 Å². The number of hydrazine groups is 1. The quantitative estimate of drug-likeness (QED) is 0.632. The van der Waals surface area contributed by atoms with Gasteiger partial charge in [0.25, 0.3) is 0 Å². The van der Waals surface area contributed by atoms with Crippen LogP contribution in [0.2, 0.25) is 5.02 Å². The van der Waals surface area contributed by atoms with Crippen molar-refractivity contribution in [3.8, 4) is 0 Å². The molecule has 1 unspecified atom stereocenters. The Bertz CT molecular complexity index is 1110. The van der Waals surface area contributed by atoms with E-state index in [1.807, 2.05) is 0 Å². The van der Waals surface area contributed by atoms with Gasteiger partial charge in [0.2, 0.25) is 17.7 Å². The first-order valence-corrected chi connectivity index (χ1v) is 10.8. The molecule has 0 aromatic heterocycles. The second-order valence-corrected chi connectivity index (χ2v) is 8.15. The molecular weight excluding hydrogens is 453 g/mol. The molecule has 172 valence electrons. The Balaban J connectivity index is 1.45. The lowest BCUT2D eigenvalue weighted by molar-refractivity contribution is -0.121. The van der Waals surface area contributed by atoms with Crippen LogP contribution in [0, 0.1) is 5.82 Å². The normalized spacial score (nSPS) is 18.2. The topological polar surface area (TPSA) is 111 Å². The molecule has 2 aromatic carbocycles. The number of anilines is 3. The van der Waals surface area contributed by atoms with Gasteiger partial charge in [-0.2, -0.15) is 0 Å². The first kappa shape index (κ1) is 22.5. The first-order chi connectivity index (χ1) is 15.8. The van der Waals surface area contributed by atoms with E-state index < -0.39 is 29.7 Å². The Morgan fingerprint density at radius 1 is 1.06 bits per heavy atom. The van der Waals surface area contributed by atoms with Crippen LogP contribution < -0.4 is 21.0 Å². The molecule has 33 heavy (non-hydrogen) atoms. The number of hydrogen-bond donors (Lipinski definition) is 3. The zero-order chi connectivity index (χ0) is 23.5. The minimum atomic E-state index is -1.19. The predicted molar refractivity (Wildman–Crippen MR) is 120 cm³/mol. The molecule has 11 heteroatoms. The van der Waals surface area contributed by atoms with E-state index in [4.69, 9.17) is 11.6 Å². The third-order valence-corrected chi connectivity index (χ3v) is 5.65. The average molecular weight is 474 g/mol. The molecule has 9 nitrogen and oxygen atoms in total. The molecule has 2 fully saturated rings. The fourth-order valence-electron chi connectivity index (χ4n) is 3.71. The first-order valence-electron chi connectivity index (χ1n) is 10.4. The van der Waals surface area contributed by atoms with Crippen LogP contribution in [0.15, 0.2) is 42.5 Å². The van der Waals surface area contributed by atoms with Crippen molar-refractivity contribution in [1.82, 2.24) is 10.4 Å². The second-order valence-electron chi connectivity index (χ2n) is 7.72. The Morgan fingerprint density at radius 2 is 1.82 bits per heavy atom. The zero-order valence-electron chi connectivity index (χ0n) is 17.4. The number of carbonyl (C=O) groups excluding carboxylic acids is 4. The maximum absolute atomic E-state index is 14.7. The van der Waals surface area contributed by atoms with Crippen LogP contribution in [0.4, 0.5) is 26.2 Å². The standard InChI is InChI=1S/C22H21ClFN5O4/c23-13-4-6-14(7-5-13)25-22(33)29-18(12-19(30)27-29)21(32)26-17-9-8-15(11-16(17)24)28-10-2-1-3-20(28)31/h4-9,11,18H,1-3,10,12H2,(H,25,33)(H,26,32)(H,27,30). The summed E-state index contributed by atoms with van der Waals surface area (Å²) in [5.41, 5.74) is 3.04. The highest BCUT2D eigenvalue weighted by Gasteiger charge is 2.39. The van der Waals surface area contributed by atoms with E-state index in [0.29, 0.717) is 29.4 Å². The molecule has 2 saturated heterocycles. The summed E-state index contributed by atoms with van der Waals surface area (Å²) in [6.07, 6.45) is 1.78. The summed E-state index contributed by atoms with van der Waals surface area (Å²) in [5.74, 6) is -2.06. The van der Waals surface area contributed by atoms with E-state index in [0.717, 1.165) is 17.9 Å². The van der Waals surface area contributed by atoms with Gasteiger partial charge in [-0.05, 0) is 55.3 Å². The number of nitrogens with one attached hydrogen (secondary N) is 3. The van der Waals surface area contributed by atoms with Crippen LogP contribution in [0.1, 0.15) is 25.7 Å². The molecule has 2 aliphatic rings. The van der Waals surface area contributed by atoms with Gasteiger partial charge in [-0.25, -0.2) is 14.2 Å². The van der Waals surface area contributed by atoms with E-state index >= 15 is 0 Å². The Kier molecular flexibility index (Phi) is 6.45. The van der Waals surface area contributed by atoms with Gasteiger partial charge in [-0.15, -0.1) is 0 Å². The molecule has 5 amide bonds. The number of halogens is 2. The molecule has 0 saturated carbocycles. The summed E-state index contributed by atoms with van der Waals surface area (Å²) in [6.45, 7) is 0.511. The fraction of sp³-hybridized carbons (Fsp3) is 0.273. The van der Waals surface area contributed by atoms with Crippen LogP contribution >= 0.6 is 11.6 Å². The van der Waals surface area contributed by atoms with Gasteiger partial charge in [-0.1, -0.05) is 11.6 Å². The molecule has 1 atom stereocenters.